The molecular formula is C24H46O13. The second kappa shape index (κ2) is 20.7. The maximum atomic E-state index is 10.5. The normalized spacial score (nSPS) is 26.9. The molecule has 0 radical (unpaired) electrons. The van der Waals surface area contributed by atoms with Crippen LogP contribution in [0.3, 0.4) is 0 Å². The number of hydrogen-bond acceptors (Lipinski definition) is 12. The quantitative estimate of drug-likeness (QED) is 0.0704. The fourth-order valence-corrected chi connectivity index (χ4v) is 3.70. The van der Waals surface area contributed by atoms with E-state index in [4.69, 9.17) is 24.8 Å². The van der Waals surface area contributed by atoms with Crippen molar-refractivity contribution < 1.29 is 65.0 Å². The van der Waals surface area contributed by atoms with Gasteiger partial charge >= 0.3 is 5.97 Å². The Morgan fingerprint density at radius 3 is 1.89 bits per heavy atom. The Balaban J connectivity index is 0.000000795. The number of carboxylic acid groups (broad SMARTS) is 1. The number of carbonyl (C=O) groups is 2. The molecule has 0 bridgehead atoms. The zero-order chi connectivity index (χ0) is 28.4. The van der Waals surface area contributed by atoms with Crippen molar-refractivity contribution in [1.82, 2.24) is 0 Å². The van der Waals surface area contributed by atoms with Gasteiger partial charge in [-0.25, -0.2) is 0 Å². The first kappa shape index (κ1) is 35.7. The molecule has 0 amide bonds. The molecule has 1 aliphatic heterocycles. The van der Waals surface area contributed by atoms with Crippen molar-refractivity contribution in [3.63, 3.8) is 0 Å². The Kier molecular flexibility index (Phi) is 20.0. The lowest BCUT2D eigenvalue weighted by Gasteiger charge is -2.42. The molecule has 13 nitrogen and oxygen atoms in total. The number of rotatable bonds is 18. The third-order valence-electron chi connectivity index (χ3n) is 6.03. The first-order valence-electron chi connectivity index (χ1n) is 12.8. The highest BCUT2D eigenvalue weighted by atomic mass is 16.7. The first-order valence-corrected chi connectivity index (χ1v) is 12.8. The average molecular weight is 543 g/mol. The van der Waals surface area contributed by atoms with Gasteiger partial charge in [0, 0.05) is 6.42 Å². The predicted molar refractivity (Wildman–Crippen MR) is 129 cm³/mol. The van der Waals surface area contributed by atoms with Gasteiger partial charge in [-0.05, 0) is 6.42 Å². The molecule has 13 heteroatoms. The third-order valence-corrected chi connectivity index (χ3v) is 6.03. The Morgan fingerprint density at radius 1 is 0.892 bits per heavy atom. The van der Waals surface area contributed by atoms with Gasteiger partial charge in [-0.2, -0.15) is 0 Å². The highest BCUT2D eigenvalue weighted by Crippen LogP contribution is 2.24. The summed E-state index contributed by atoms with van der Waals surface area (Å²) in [6.07, 6.45) is -4.22. The van der Waals surface area contributed by atoms with Crippen molar-refractivity contribution in [2.75, 3.05) is 13.2 Å². The number of aldehydes is 1. The number of hydrogen-bond donors (Lipinski definition) is 9. The smallest absolute Gasteiger partial charge is 0.303 e. The third kappa shape index (κ3) is 13.9. The van der Waals surface area contributed by atoms with E-state index in [0.29, 0.717) is 6.42 Å². The lowest BCUT2D eigenvalue weighted by Crippen LogP contribution is -2.61. The van der Waals surface area contributed by atoms with Crippen LogP contribution in [0.25, 0.3) is 0 Å². The highest BCUT2D eigenvalue weighted by molar-refractivity contribution is 5.66. The standard InChI is InChI=1S/C12H22O11.C12H24O2/c13-1-4(16)7(18)11(5(17)2-14)23-12-10(21)9(20)8(19)6(3-15)22-12;1-2-3-4-5-6-7-8-9-10-11-12(13)14/h1,4-12,14-21H,2-3H2;2-11H2,1H3,(H,13,14). The Bertz CT molecular complexity index is 591. The number of carbonyl (C=O) groups excluding carboxylic acids is 1. The van der Waals surface area contributed by atoms with Crippen LogP contribution in [-0.4, -0.2) is 127 Å². The van der Waals surface area contributed by atoms with E-state index >= 15 is 0 Å². The van der Waals surface area contributed by atoms with E-state index in [-0.39, 0.29) is 6.29 Å². The van der Waals surface area contributed by atoms with Crippen molar-refractivity contribution in [2.45, 2.75) is 126 Å². The van der Waals surface area contributed by atoms with Crippen LogP contribution in [-0.2, 0) is 19.1 Å². The predicted octanol–water partition coefficient (Wildman–Crippen LogP) is -1.56. The first-order chi connectivity index (χ1) is 17.5. The molecule has 1 aliphatic rings. The summed E-state index contributed by atoms with van der Waals surface area (Å²) in [6, 6.07) is 0. The Hall–Kier alpha value is -1.26. The van der Waals surface area contributed by atoms with Gasteiger partial charge < -0.3 is 60.2 Å². The Labute approximate surface area is 217 Å². The van der Waals surface area contributed by atoms with Gasteiger partial charge in [0.1, 0.15) is 48.8 Å². The van der Waals surface area contributed by atoms with Crippen molar-refractivity contribution >= 4 is 12.3 Å². The lowest BCUT2D eigenvalue weighted by atomic mass is 9.98. The fourth-order valence-electron chi connectivity index (χ4n) is 3.70. The number of aliphatic hydroxyl groups is 8. The van der Waals surface area contributed by atoms with Gasteiger partial charge in [0.15, 0.2) is 12.6 Å². The van der Waals surface area contributed by atoms with Gasteiger partial charge in [0.05, 0.1) is 13.2 Å². The molecule has 1 fully saturated rings. The van der Waals surface area contributed by atoms with Crippen LogP contribution in [0.1, 0.15) is 71.1 Å². The number of aliphatic carboxylic acids is 1. The van der Waals surface area contributed by atoms with Gasteiger partial charge in [-0.3, -0.25) is 4.79 Å². The highest BCUT2D eigenvalue weighted by Gasteiger charge is 2.46. The van der Waals surface area contributed by atoms with Crippen LogP contribution in [0.2, 0.25) is 0 Å². The zero-order valence-electron chi connectivity index (χ0n) is 21.4. The molecule has 0 aromatic rings. The summed E-state index contributed by atoms with van der Waals surface area (Å²) in [7, 11) is 0. The van der Waals surface area contributed by atoms with Crippen molar-refractivity contribution in [1.29, 1.82) is 0 Å². The Morgan fingerprint density at radius 2 is 1.43 bits per heavy atom. The molecule has 37 heavy (non-hydrogen) atoms. The molecule has 1 rings (SSSR count). The molecule has 0 spiro atoms. The number of carboxylic acids is 1. The van der Waals surface area contributed by atoms with E-state index in [1.165, 1.54) is 44.9 Å². The molecule has 1 heterocycles. The van der Waals surface area contributed by atoms with Crippen molar-refractivity contribution in [3.05, 3.63) is 0 Å². The van der Waals surface area contributed by atoms with E-state index in [1.807, 2.05) is 0 Å². The van der Waals surface area contributed by atoms with Crippen LogP contribution in [0.5, 0.6) is 0 Å². The molecule has 9 N–H and O–H groups in total. The minimum Gasteiger partial charge on any atom is -0.481 e. The largest absolute Gasteiger partial charge is 0.481 e. The number of unbranched alkanes of at least 4 members (excludes halogenated alkanes) is 8. The van der Waals surface area contributed by atoms with Crippen LogP contribution >= 0.6 is 0 Å². The van der Waals surface area contributed by atoms with E-state index in [0.717, 1.165) is 12.8 Å². The minimum atomic E-state index is -1.97. The van der Waals surface area contributed by atoms with Gasteiger partial charge in [0.25, 0.3) is 0 Å². The summed E-state index contributed by atoms with van der Waals surface area (Å²) in [4.78, 5) is 20.7. The van der Waals surface area contributed by atoms with Gasteiger partial charge in [0.2, 0.25) is 0 Å². The van der Waals surface area contributed by atoms with Gasteiger partial charge in [-0.15, -0.1) is 0 Å². The van der Waals surface area contributed by atoms with Crippen LogP contribution < -0.4 is 0 Å². The van der Waals surface area contributed by atoms with Crippen LogP contribution in [0.4, 0.5) is 0 Å². The molecule has 0 aromatic carbocycles. The molecular weight excluding hydrogens is 496 g/mol. The molecule has 9 unspecified atom stereocenters. The lowest BCUT2D eigenvalue weighted by molar-refractivity contribution is -0.326. The summed E-state index contributed by atoms with van der Waals surface area (Å²) in [5.41, 5.74) is 0. The number of ether oxygens (including phenoxy) is 2. The summed E-state index contributed by atoms with van der Waals surface area (Å²) >= 11 is 0. The average Bonchev–Trinajstić information content (AvgIpc) is 2.89. The molecule has 0 aliphatic carbocycles. The van der Waals surface area contributed by atoms with Gasteiger partial charge in [-0.1, -0.05) is 58.3 Å². The van der Waals surface area contributed by atoms with Crippen molar-refractivity contribution in [3.8, 4) is 0 Å². The summed E-state index contributed by atoms with van der Waals surface area (Å²) in [5.74, 6) is -0.659. The molecule has 220 valence electrons. The van der Waals surface area contributed by atoms with E-state index < -0.39 is 74.3 Å². The molecule has 1 saturated heterocycles. The van der Waals surface area contributed by atoms with E-state index in [2.05, 4.69) is 6.92 Å². The van der Waals surface area contributed by atoms with Crippen LogP contribution in [0.15, 0.2) is 0 Å². The topological polar surface area (TPSA) is 235 Å². The summed E-state index contributed by atoms with van der Waals surface area (Å²) in [5, 5.41) is 84.2. The SMILES string of the molecule is CCCCCCCCCCCC(=O)O.O=CC(O)C(O)C(OC1OC(CO)C(O)C(O)C1O)C(O)CO. The van der Waals surface area contributed by atoms with Crippen molar-refractivity contribution in [2.24, 2.45) is 0 Å². The zero-order valence-corrected chi connectivity index (χ0v) is 21.4. The second-order valence-corrected chi connectivity index (χ2v) is 9.14. The monoisotopic (exact) mass is 542 g/mol. The second-order valence-electron chi connectivity index (χ2n) is 9.14. The molecule has 9 atom stereocenters. The fraction of sp³-hybridized carbons (Fsp3) is 0.917. The van der Waals surface area contributed by atoms with Crippen LogP contribution in [0, 0.1) is 0 Å². The number of aliphatic hydroxyl groups excluding tert-OH is 8. The van der Waals surface area contributed by atoms with E-state index in [1.54, 1.807) is 0 Å². The maximum Gasteiger partial charge on any atom is 0.303 e. The minimum absolute atomic E-state index is 0.0294. The molecule has 0 saturated carbocycles. The maximum absolute atomic E-state index is 10.5. The molecule has 0 aromatic heterocycles. The summed E-state index contributed by atoms with van der Waals surface area (Å²) < 4.78 is 10.1. The van der Waals surface area contributed by atoms with E-state index in [9.17, 15) is 40.2 Å². The summed E-state index contributed by atoms with van der Waals surface area (Å²) in [6.45, 7) is 0.591.